The molecule has 0 fully saturated rings. The molecule has 0 bridgehead atoms. The third-order valence-corrected chi connectivity index (χ3v) is 4.81. The lowest BCUT2D eigenvalue weighted by molar-refractivity contribution is -0.137. The van der Waals surface area contributed by atoms with E-state index in [0.29, 0.717) is 28.3 Å². The number of benzene rings is 2. The highest BCUT2D eigenvalue weighted by molar-refractivity contribution is 6.36. The molecule has 3 rings (SSSR count). The molecule has 32 heavy (non-hydrogen) atoms. The molecule has 1 heterocycles. The number of imide groups is 1. The van der Waals surface area contributed by atoms with Gasteiger partial charge in [0.1, 0.15) is 17.2 Å². The maximum Gasteiger partial charge on any atom is 0.278 e. The average Bonchev–Trinajstić information content (AvgIpc) is 2.98. The highest BCUT2D eigenvalue weighted by atomic mass is 16.5. The first-order valence-corrected chi connectivity index (χ1v) is 10.7. The van der Waals surface area contributed by atoms with Gasteiger partial charge in [0.2, 0.25) is 0 Å². The zero-order chi connectivity index (χ0) is 23.3. The van der Waals surface area contributed by atoms with Crippen LogP contribution in [0.3, 0.4) is 0 Å². The molecule has 1 aliphatic heterocycles. The van der Waals surface area contributed by atoms with Gasteiger partial charge in [0, 0.05) is 5.69 Å². The van der Waals surface area contributed by atoms with Crippen molar-refractivity contribution in [2.45, 2.75) is 39.9 Å². The molecule has 1 N–H and O–H groups in total. The van der Waals surface area contributed by atoms with Crippen LogP contribution in [0.2, 0.25) is 0 Å². The average molecular weight is 439 g/mol. The molecule has 0 radical (unpaired) electrons. The molecule has 7 heteroatoms. The van der Waals surface area contributed by atoms with Gasteiger partial charge < -0.3 is 19.5 Å². The number of rotatable bonds is 10. The van der Waals surface area contributed by atoms with Crippen LogP contribution in [-0.2, 0) is 14.3 Å². The van der Waals surface area contributed by atoms with E-state index in [-0.39, 0.29) is 42.9 Å². The van der Waals surface area contributed by atoms with Crippen molar-refractivity contribution >= 4 is 23.1 Å². The maximum absolute atomic E-state index is 13.3. The van der Waals surface area contributed by atoms with Gasteiger partial charge in [0.25, 0.3) is 11.8 Å². The SMILES string of the molecule is COc1ccc(NC2=C(c3ccc(OC(C)C)cc3)C(=O)N(CCOC(C)C)C2=O)cc1. The molecule has 0 unspecified atom stereocenters. The number of hydrogen-bond acceptors (Lipinski definition) is 6. The fourth-order valence-corrected chi connectivity index (χ4v) is 3.33. The number of nitrogens with zero attached hydrogens (tertiary/aromatic N) is 1. The van der Waals surface area contributed by atoms with Crippen LogP contribution in [0.4, 0.5) is 5.69 Å². The Balaban J connectivity index is 1.93. The van der Waals surface area contributed by atoms with E-state index in [4.69, 9.17) is 14.2 Å². The van der Waals surface area contributed by atoms with Crippen LogP contribution in [0.25, 0.3) is 5.57 Å². The molecule has 7 nitrogen and oxygen atoms in total. The Kier molecular flexibility index (Phi) is 7.53. The summed E-state index contributed by atoms with van der Waals surface area (Å²) in [5.41, 5.74) is 1.89. The van der Waals surface area contributed by atoms with Gasteiger partial charge >= 0.3 is 0 Å². The number of carbonyl (C=O) groups excluding carboxylic acids is 2. The first kappa shape index (κ1) is 23.3. The van der Waals surface area contributed by atoms with Crippen LogP contribution in [0, 0.1) is 0 Å². The second kappa shape index (κ2) is 10.3. The summed E-state index contributed by atoms with van der Waals surface area (Å²) < 4.78 is 16.4. The third-order valence-electron chi connectivity index (χ3n) is 4.81. The number of nitrogens with one attached hydrogen (secondary N) is 1. The minimum absolute atomic E-state index is 0.0145. The number of carbonyl (C=O) groups is 2. The molecular weight excluding hydrogens is 408 g/mol. The summed E-state index contributed by atoms with van der Waals surface area (Å²) >= 11 is 0. The Morgan fingerprint density at radius 2 is 1.47 bits per heavy atom. The molecule has 1 aliphatic rings. The largest absolute Gasteiger partial charge is 0.497 e. The van der Waals surface area contributed by atoms with Gasteiger partial charge in [-0.15, -0.1) is 0 Å². The van der Waals surface area contributed by atoms with Crippen LogP contribution in [-0.4, -0.2) is 49.2 Å². The zero-order valence-corrected chi connectivity index (χ0v) is 19.2. The third kappa shape index (κ3) is 5.48. The lowest BCUT2D eigenvalue weighted by Gasteiger charge is -2.16. The number of amides is 2. The highest BCUT2D eigenvalue weighted by Gasteiger charge is 2.39. The van der Waals surface area contributed by atoms with E-state index in [2.05, 4.69) is 5.32 Å². The van der Waals surface area contributed by atoms with Gasteiger partial charge in [-0.25, -0.2) is 0 Å². The van der Waals surface area contributed by atoms with Gasteiger partial charge in [-0.2, -0.15) is 0 Å². The Morgan fingerprint density at radius 3 is 2.03 bits per heavy atom. The maximum atomic E-state index is 13.3. The molecule has 2 aromatic carbocycles. The summed E-state index contributed by atoms with van der Waals surface area (Å²) in [6.07, 6.45) is 0.0548. The summed E-state index contributed by atoms with van der Waals surface area (Å²) in [4.78, 5) is 27.7. The van der Waals surface area contributed by atoms with E-state index in [0.717, 1.165) is 0 Å². The summed E-state index contributed by atoms with van der Waals surface area (Å²) in [6.45, 7) is 8.18. The minimum atomic E-state index is -0.379. The molecule has 0 atom stereocenters. The first-order valence-electron chi connectivity index (χ1n) is 10.7. The van der Waals surface area contributed by atoms with E-state index in [1.807, 2.05) is 27.7 Å². The van der Waals surface area contributed by atoms with Gasteiger partial charge in [0.15, 0.2) is 0 Å². The summed E-state index contributed by atoms with van der Waals surface area (Å²) in [7, 11) is 1.59. The highest BCUT2D eigenvalue weighted by Crippen LogP contribution is 2.32. The number of anilines is 1. The van der Waals surface area contributed by atoms with Gasteiger partial charge in [0.05, 0.1) is 38.0 Å². The van der Waals surface area contributed by atoms with Crippen LogP contribution < -0.4 is 14.8 Å². The summed E-state index contributed by atoms with van der Waals surface area (Å²) in [5.74, 6) is 0.673. The Bertz CT molecular complexity index is 978. The van der Waals surface area contributed by atoms with Crippen molar-refractivity contribution in [3.8, 4) is 11.5 Å². The van der Waals surface area contributed by atoms with E-state index >= 15 is 0 Å². The van der Waals surface area contributed by atoms with Crippen molar-refractivity contribution in [3.05, 3.63) is 59.8 Å². The minimum Gasteiger partial charge on any atom is -0.497 e. The zero-order valence-electron chi connectivity index (χ0n) is 19.2. The lowest BCUT2D eigenvalue weighted by atomic mass is 10.0. The molecule has 0 aromatic heterocycles. The molecule has 0 aliphatic carbocycles. The van der Waals surface area contributed by atoms with E-state index in [1.165, 1.54) is 4.90 Å². The fraction of sp³-hybridized carbons (Fsp3) is 0.360. The van der Waals surface area contributed by atoms with Crippen molar-refractivity contribution in [1.29, 1.82) is 0 Å². The lowest BCUT2D eigenvalue weighted by Crippen LogP contribution is -2.35. The first-order chi connectivity index (χ1) is 15.3. The van der Waals surface area contributed by atoms with Crippen molar-refractivity contribution in [2.24, 2.45) is 0 Å². The number of methoxy groups -OCH3 is 1. The standard InChI is InChI=1S/C25H30N2O5/c1-16(2)31-15-14-27-24(28)22(18-6-10-21(11-7-18)32-17(3)4)23(25(27)29)26-19-8-12-20(30-5)13-9-19/h6-13,16-17,26H,14-15H2,1-5H3. The molecule has 0 saturated heterocycles. The van der Waals surface area contributed by atoms with Crippen molar-refractivity contribution < 1.29 is 23.8 Å². The van der Waals surface area contributed by atoms with E-state index < -0.39 is 0 Å². The van der Waals surface area contributed by atoms with Crippen LogP contribution in [0.1, 0.15) is 33.3 Å². The van der Waals surface area contributed by atoms with Gasteiger partial charge in [-0.1, -0.05) is 12.1 Å². The quantitative estimate of drug-likeness (QED) is 0.563. The molecule has 0 spiro atoms. The van der Waals surface area contributed by atoms with Gasteiger partial charge in [-0.3, -0.25) is 14.5 Å². The Labute approximate surface area is 189 Å². The molecular formula is C25H30N2O5. The van der Waals surface area contributed by atoms with E-state index in [9.17, 15) is 9.59 Å². The predicted octanol–water partition coefficient (Wildman–Crippen LogP) is 4.10. The second-order valence-corrected chi connectivity index (χ2v) is 7.98. The van der Waals surface area contributed by atoms with Crippen LogP contribution in [0.5, 0.6) is 11.5 Å². The molecule has 0 saturated carbocycles. The predicted molar refractivity (Wildman–Crippen MR) is 124 cm³/mol. The molecule has 2 amide bonds. The number of ether oxygens (including phenoxy) is 3. The smallest absolute Gasteiger partial charge is 0.278 e. The van der Waals surface area contributed by atoms with E-state index in [1.54, 1.807) is 55.6 Å². The fourth-order valence-electron chi connectivity index (χ4n) is 3.33. The molecule has 2 aromatic rings. The van der Waals surface area contributed by atoms with Crippen LogP contribution in [0.15, 0.2) is 54.2 Å². The number of hydrogen-bond donors (Lipinski definition) is 1. The Hall–Kier alpha value is -3.32. The monoisotopic (exact) mass is 438 g/mol. The Morgan fingerprint density at radius 1 is 0.844 bits per heavy atom. The van der Waals surface area contributed by atoms with Crippen LogP contribution >= 0.6 is 0 Å². The normalized spacial score (nSPS) is 14.0. The topological polar surface area (TPSA) is 77.1 Å². The summed E-state index contributed by atoms with van der Waals surface area (Å²) in [6, 6.07) is 14.4. The molecule has 170 valence electrons. The van der Waals surface area contributed by atoms with Crippen molar-refractivity contribution in [1.82, 2.24) is 4.90 Å². The van der Waals surface area contributed by atoms with Crippen molar-refractivity contribution in [2.75, 3.05) is 25.6 Å². The van der Waals surface area contributed by atoms with Crippen molar-refractivity contribution in [3.63, 3.8) is 0 Å². The summed E-state index contributed by atoms with van der Waals surface area (Å²) in [5, 5.41) is 3.14. The second-order valence-electron chi connectivity index (χ2n) is 7.98. The van der Waals surface area contributed by atoms with Gasteiger partial charge in [-0.05, 0) is 69.7 Å².